The molecule has 0 heterocycles. The molecule has 0 amide bonds. The van der Waals surface area contributed by atoms with Crippen molar-refractivity contribution in [3.63, 3.8) is 0 Å². The van der Waals surface area contributed by atoms with Crippen molar-refractivity contribution in [1.29, 1.82) is 0 Å². The Hall–Kier alpha value is -1.90. The summed E-state index contributed by atoms with van der Waals surface area (Å²) in [4.78, 5) is 0. The topological polar surface area (TPSA) is 9.23 Å². The molecule has 0 atom stereocenters. The van der Waals surface area contributed by atoms with Crippen molar-refractivity contribution in [3.05, 3.63) is 64.7 Å². The molecule has 0 aliphatic heterocycles. The third-order valence-electron chi connectivity index (χ3n) is 5.54. The minimum atomic E-state index is -0.595. The lowest BCUT2D eigenvalue weighted by Gasteiger charge is -2.28. The highest BCUT2D eigenvalue weighted by Crippen LogP contribution is 2.39. The van der Waals surface area contributed by atoms with Crippen LogP contribution in [0.1, 0.15) is 68.1 Å². The molecule has 0 aromatic heterocycles. The van der Waals surface area contributed by atoms with Gasteiger partial charge in [-0.1, -0.05) is 49.6 Å². The van der Waals surface area contributed by atoms with Gasteiger partial charge in [0.1, 0.15) is 6.61 Å². The summed E-state index contributed by atoms with van der Waals surface area (Å²) in [6.07, 6.45) is 6.84. The maximum Gasteiger partial charge on any atom is 0.191 e. The second-order valence-corrected chi connectivity index (χ2v) is 7.59. The van der Waals surface area contributed by atoms with Crippen LogP contribution in [0.2, 0.25) is 0 Å². The van der Waals surface area contributed by atoms with Gasteiger partial charge in [-0.15, -0.1) is 0 Å². The zero-order valence-corrected chi connectivity index (χ0v) is 15.7. The van der Waals surface area contributed by atoms with Crippen LogP contribution in [0.5, 0.6) is 5.75 Å². The van der Waals surface area contributed by atoms with E-state index in [2.05, 4.69) is 6.92 Å². The molecular weight excluding hydrogens is 330 g/mol. The van der Waals surface area contributed by atoms with E-state index in [1.165, 1.54) is 25.0 Å². The minimum Gasteiger partial charge on any atom is -0.483 e. The third-order valence-corrected chi connectivity index (χ3v) is 5.54. The first kappa shape index (κ1) is 18.9. The molecule has 2 aromatic carbocycles. The molecule has 0 spiro atoms. The predicted octanol–water partition coefficient (Wildman–Crippen LogP) is 6.93. The molecule has 26 heavy (non-hydrogen) atoms. The molecule has 3 rings (SSSR count). The fraction of sp³-hybridized carbons (Fsp3) is 0.478. The van der Waals surface area contributed by atoms with E-state index in [-0.39, 0.29) is 18.3 Å². The van der Waals surface area contributed by atoms with Crippen molar-refractivity contribution in [2.75, 3.05) is 0 Å². The van der Waals surface area contributed by atoms with Crippen LogP contribution in [0.25, 0.3) is 0 Å². The fourth-order valence-corrected chi connectivity index (χ4v) is 3.99. The second-order valence-electron chi connectivity index (χ2n) is 7.59. The molecule has 1 aliphatic carbocycles. The van der Waals surface area contributed by atoms with Crippen molar-refractivity contribution in [2.45, 2.75) is 64.9 Å². The second kappa shape index (κ2) is 8.66. The molecule has 140 valence electrons. The Balaban J connectivity index is 1.65. The number of hydrogen-bond acceptors (Lipinski definition) is 1. The Kier molecular flexibility index (Phi) is 6.29. The summed E-state index contributed by atoms with van der Waals surface area (Å²) < 4.78 is 34.4. The molecule has 0 bridgehead atoms. The van der Waals surface area contributed by atoms with E-state index in [0.29, 0.717) is 0 Å². The van der Waals surface area contributed by atoms with E-state index in [9.17, 15) is 8.78 Å². The first-order valence-electron chi connectivity index (χ1n) is 9.74. The lowest BCUT2D eigenvalue weighted by atomic mass is 9.77. The average Bonchev–Trinajstić information content (AvgIpc) is 2.63. The smallest absolute Gasteiger partial charge is 0.191 e. The lowest BCUT2D eigenvalue weighted by molar-refractivity contribution is 0.272. The Morgan fingerprint density at radius 1 is 0.962 bits per heavy atom. The Morgan fingerprint density at radius 3 is 2.15 bits per heavy atom. The largest absolute Gasteiger partial charge is 0.483 e. The highest BCUT2D eigenvalue weighted by molar-refractivity contribution is 5.34. The van der Waals surface area contributed by atoms with Crippen LogP contribution in [0.3, 0.4) is 0 Å². The summed E-state index contributed by atoms with van der Waals surface area (Å²) in [6.45, 7) is 4.38. The van der Waals surface area contributed by atoms with Gasteiger partial charge in [-0.3, -0.25) is 0 Å². The Bertz CT molecular complexity index is 692. The predicted molar refractivity (Wildman–Crippen MR) is 101 cm³/mol. The quantitative estimate of drug-likeness (QED) is 0.544. The monoisotopic (exact) mass is 358 g/mol. The van der Waals surface area contributed by atoms with Crippen molar-refractivity contribution >= 4 is 0 Å². The number of halogens is 2. The van der Waals surface area contributed by atoms with Crippen molar-refractivity contribution in [2.24, 2.45) is 5.92 Å². The number of ether oxygens (including phenoxy) is 1. The summed E-state index contributed by atoms with van der Waals surface area (Å²) >= 11 is 0. The van der Waals surface area contributed by atoms with Gasteiger partial charge >= 0.3 is 0 Å². The normalized spacial score (nSPS) is 20.2. The van der Waals surface area contributed by atoms with Crippen LogP contribution >= 0.6 is 0 Å². The van der Waals surface area contributed by atoms with Crippen molar-refractivity contribution in [3.8, 4) is 5.75 Å². The van der Waals surface area contributed by atoms with E-state index < -0.39 is 11.6 Å². The number of hydrogen-bond donors (Lipinski definition) is 0. The summed E-state index contributed by atoms with van der Waals surface area (Å²) in [6, 6.07) is 10.7. The SMILES string of the molecule is CCCC1CCC(c2cc(F)c(OCc3ccc(C)cc3)c(F)c2)CC1. The molecular formula is C23H28F2O. The van der Waals surface area contributed by atoms with Crippen LogP contribution in [-0.4, -0.2) is 0 Å². The van der Waals surface area contributed by atoms with Gasteiger partial charge in [-0.05, 0) is 67.7 Å². The fourth-order valence-electron chi connectivity index (χ4n) is 3.99. The van der Waals surface area contributed by atoms with Crippen molar-refractivity contribution in [1.82, 2.24) is 0 Å². The van der Waals surface area contributed by atoms with Gasteiger partial charge in [-0.25, -0.2) is 8.78 Å². The number of aryl methyl sites for hydroxylation is 1. The lowest BCUT2D eigenvalue weighted by Crippen LogP contribution is -2.14. The number of benzene rings is 2. The molecule has 1 fully saturated rings. The van der Waals surface area contributed by atoms with Gasteiger partial charge in [0, 0.05) is 0 Å². The van der Waals surface area contributed by atoms with Gasteiger partial charge in [0.15, 0.2) is 17.4 Å². The van der Waals surface area contributed by atoms with Crippen LogP contribution in [0, 0.1) is 24.5 Å². The number of rotatable bonds is 6. The van der Waals surface area contributed by atoms with E-state index in [1.54, 1.807) is 0 Å². The molecule has 0 N–H and O–H groups in total. The van der Waals surface area contributed by atoms with Gasteiger partial charge in [0.25, 0.3) is 0 Å². The van der Waals surface area contributed by atoms with Gasteiger partial charge in [0.05, 0.1) is 0 Å². The molecule has 0 saturated heterocycles. The summed E-state index contributed by atoms with van der Waals surface area (Å²) in [5, 5.41) is 0. The van der Waals surface area contributed by atoms with Crippen LogP contribution < -0.4 is 4.74 Å². The zero-order chi connectivity index (χ0) is 18.5. The molecule has 3 heteroatoms. The highest BCUT2D eigenvalue weighted by atomic mass is 19.1. The average molecular weight is 358 g/mol. The van der Waals surface area contributed by atoms with Crippen LogP contribution in [0.4, 0.5) is 8.78 Å². The third kappa shape index (κ3) is 4.63. The standard InChI is InChI=1S/C23H28F2O/c1-3-4-17-9-11-19(12-10-17)20-13-21(24)23(22(25)14-20)26-15-18-7-5-16(2)6-8-18/h5-8,13-14,17,19H,3-4,9-12,15H2,1-2H3. The van der Waals surface area contributed by atoms with E-state index in [1.807, 2.05) is 31.2 Å². The molecule has 2 aromatic rings. The summed E-state index contributed by atoms with van der Waals surface area (Å²) in [5.41, 5.74) is 2.81. The molecule has 1 nitrogen and oxygen atoms in total. The van der Waals surface area contributed by atoms with Crippen LogP contribution in [-0.2, 0) is 6.61 Å². The molecule has 0 radical (unpaired) electrons. The highest BCUT2D eigenvalue weighted by Gasteiger charge is 2.24. The van der Waals surface area contributed by atoms with Gasteiger partial charge < -0.3 is 4.74 Å². The minimum absolute atomic E-state index is 0.162. The Morgan fingerprint density at radius 2 is 1.58 bits per heavy atom. The Labute approximate surface area is 155 Å². The van der Waals surface area contributed by atoms with Crippen LogP contribution in [0.15, 0.2) is 36.4 Å². The summed E-state index contributed by atoms with van der Waals surface area (Å²) in [7, 11) is 0. The van der Waals surface area contributed by atoms with E-state index in [0.717, 1.165) is 48.3 Å². The van der Waals surface area contributed by atoms with E-state index in [4.69, 9.17) is 4.74 Å². The maximum atomic E-state index is 14.5. The molecule has 1 aliphatic rings. The van der Waals surface area contributed by atoms with Gasteiger partial charge in [-0.2, -0.15) is 0 Å². The van der Waals surface area contributed by atoms with Crippen molar-refractivity contribution < 1.29 is 13.5 Å². The molecule has 0 unspecified atom stereocenters. The first-order valence-corrected chi connectivity index (χ1v) is 9.74. The summed E-state index contributed by atoms with van der Waals surface area (Å²) in [5.74, 6) is -0.416. The maximum absolute atomic E-state index is 14.5. The zero-order valence-electron chi connectivity index (χ0n) is 15.7. The molecule has 1 saturated carbocycles. The first-order chi connectivity index (χ1) is 12.6. The van der Waals surface area contributed by atoms with E-state index >= 15 is 0 Å². The van der Waals surface area contributed by atoms with Gasteiger partial charge in [0.2, 0.25) is 0 Å².